The second-order valence-corrected chi connectivity index (χ2v) is 8.13. The van der Waals surface area contributed by atoms with Gasteiger partial charge < -0.3 is 5.73 Å². The molecule has 0 spiro atoms. The van der Waals surface area contributed by atoms with Gasteiger partial charge in [-0.05, 0) is 28.8 Å². The molecular weight excluding hydrogens is 390 g/mol. The number of Topliss-reactive ketones (excluding diaryl/α,β-unsaturated/α-hetero) is 1. The molecule has 3 heterocycles. The largest absolute Gasteiger partial charge is 0.384 e. The van der Waals surface area contributed by atoms with E-state index in [1.165, 1.54) is 14.1 Å². The molecule has 0 aliphatic rings. The van der Waals surface area contributed by atoms with Gasteiger partial charge in [-0.15, -0.1) is 16.4 Å². The standard InChI is InChI=1S/C15H17N7O3S2/c1-8(11(23)10-12(16)20(2)15(25)21(3)13(10)24)27-14-17-18-19-22(14)7-9-5-4-6-26-9/h4-6,8H,7,16H2,1-3H3. The lowest BCUT2D eigenvalue weighted by Crippen LogP contribution is -2.42. The summed E-state index contributed by atoms with van der Waals surface area (Å²) in [7, 11) is 2.72. The summed E-state index contributed by atoms with van der Waals surface area (Å²) in [6.45, 7) is 2.12. The molecule has 142 valence electrons. The smallest absolute Gasteiger partial charge is 0.332 e. The van der Waals surface area contributed by atoms with Gasteiger partial charge in [0.05, 0.1) is 11.8 Å². The average Bonchev–Trinajstić information content (AvgIpc) is 3.31. The minimum atomic E-state index is -0.716. The maximum atomic E-state index is 12.9. The number of carbonyl (C=O) groups is 1. The first-order valence-electron chi connectivity index (χ1n) is 7.86. The molecule has 0 radical (unpaired) electrons. The highest BCUT2D eigenvalue weighted by molar-refractivity contribution is 8.00. The zero-order chi connectivity index (χ0) is 19.7. The lowest BCUT2D eigenvalue weighted by Gasteiger charge is -2.14. The van der Waals surface area contributed by atoms with E-state index in [0.29, 0.717) is 11.7 Å². The molecule has 1 unspecified atom stereocenters. The Hall–Kier alpha value is -2.73. The van der Waals surface area contributed by atoms with Gasteiger partial charge in [0.2, 0.25) is 5.16 Å². The summed E-state index contributed by atoms with van der Waals surface area (Å²) in [5.74, 6) is -0.641. The number of ketones is 1. The number of thiophene rings is 1. The van der Waals surface area contributed by atoms with Crippen molar-refractivity contribution in [2.45, 2.75) is 23.9 Å². The van der Waals surface area contributed by atoms with Gasteiger partial charge in [-0.1, -0.05) is 17.8 Å². The first-order chi connectivity index (χ1) is 12.8. The molecule has 1 atom stereocenters. The Morgan fingerprint density at radius 1 is 1.33 bits per heavy atom. The van der Waals surface area contributed by atoms with Gasteiger partial charge in [0.15, 0.2) is 5.78 Å². The summed E-state index contributed by atoms with van der Waals surface area (Å²) in [6.07, 6.45) is 0. The molecule has 0 aliphatic carbocycles. The van der Waals surface area contributed by atoms with Crippen LogP contribution < -0.4 is 17.0 Å². The summed E-state index contributed by atoms with van der Waals surface area (Å²) in [5.41, 5.74) is 4.34. The molecule has 0 bridgehead atoms. The van der Waals surface area contributed by atoms with E-state index < -0.39 is 22.3 Å². The number of tetrazole rings is 1. The van der Waals surface area contributed by atoms with Crippen LogP contribution in [0.15, 0.2) is 32.3 Å². The van der Waals surface area contributed by atoms with Crippen molar-refractivity contribution >= 4 is 34.7 Å². The number of nitrogens with zero attached hydrogens (tertiary/aromatic N) is 6. The molecule has 2 N–H and O–H groups in total. The van der Waals surface area contributed by atoms with Gasteiger partial charge in [-0.25, -0.2) is 9.48 Å². The van der Waals surface area contributed by atoms with E-state index in [1.54, 1.807) is 22.9 Å². The molecule has 3 aromatic rings. The van der Waals surface area contributed by atoms with Crippen LogP contribution in [0.1, 0.15) is 22.2 Å². The lowest BCUT2D eigenvalue weighted by atomic mass is 10.1. The summed E-state index contributed by atoms with van der Waals surface area (Å²) in [5, 5.41) is 13.3. The Kier molecular flexibility index (Phi) is 5.28. The van der Waals surface area contributed by atoms with Gasteiger partial charge in [0, 0.05) is 19.0 Å². The molecule has 0 fully saturated rings. The Bertz CT molecular complexity index is 1100. The van der Waals surface area contributed by atoms with E-state index >= 15 is 0 Å². The van der Waals surface area contributed by atoms with Crippen LogP contribution in [0.5, 0.6) is 0 Å². The fourth-order valence-corrected chi connectivity index (χ4v) is 3.97. The van der Waals surface area contributed by atoms with E-state index in [4.69, 9.17) is 5.73 Å². The highest BCUT2D eigenvalue weighted by Crippen LogP contribution is 2.24. The summed E-state index contributed by atoms with van der Waals surface area (Å²) < 4.78 is 3.52. The zero-order valence-corrected chi connectivity index (χ0v) is 16.5. The molecule has 0 saturated carbocycles. The number of aromatic nitrogens is 6. The SMILES string of the molecule is CC(Sc1nnnn1Cc1cccs1)C(=O)c1c(N)n(C)c(=O)n(C)c1=O. The average molecular weight is 407 g/mol. The van der Waals surface area contributed by atoms with Crippen molar-refractivity contribution in [1.82, 2.24) is 29.3 Å². The summed E-state index contributed by atoms with van der Waals surface area (Å²) >= 11 is 2.70. The molecule has 0 aromatic carbocycles. The normalized spacial score (nSPS) is 12.3. The van der Waals surface area contributed by atoms with Gasteiger partial charge in [0.25, 0.3) is 5.56 Å². The number of rotatable bonds is 6. The summed E-state index contributed by atoms with van der Waals surface area (Å²) in [4.78, 5) is 38.2. The number of nitrogens with two attached hydrogens (primary N) is 1. The lowest BCUT2D eigenvalue weighted by molar-refractivity contribution is 0.0992. The second kappa shape index (κ2) is 7.48. The number of thioether (sulfide) groups is 1. The molecule has 0 amide bonds. The molecule has 10 nitrogen and oxygen atoms in total. The van der Waals surface area contributed by atoms with Crippen molar-refractivity contribution in [3.63, 3.8) is 0 Å². The second-order valence-electron chi connectivity index (χ2n) is 5.79. The Labute approximate surface area is 161 Å². The first-order valence-corrected chi connectivity index (χ1v) is 9.62. The molecule has 0 saturated heterocycles. The van der Waals surface area contributed by atoms with E-state index in [1.807, 2.05) is 17.5 Å². The van der Waals surface area contributed by atoms with Crippen LogP contribution in [0, 0.1) is 0 Å². The molecule has 3 aromatic heterocycles. The molecular formula is C15H17N7O3S2. The third-order valence-corrected chi connectivity index (χ3v) is 5.92. The van der Waals surface area contributed by atoms with Crippen molar-refractivity contribution in [2.24, 2.45) is 14.1 Å². The molecule has 0 aliphatic heterocycles. The zero-order valence-electron chi connectivity index (χ0n) is 14.8. The Balaban J connectivity index is 1.87. The fourth-order valence-electron chi connectivity index (χ4n) is 2.44. The van der Waals surface area contributed by atoms with Gasteiger partial charge in [0.1, 0.15) is 11.4 Å². The van der Waals surface area contributed by atoms with Crippen molar-refractivity contribution in [1.29, 1.82) is 0 Å². The van der Waals surface area contributed by atoms with E-state index in [0.717, 1.165) is 25.8 Å². The van der Waals surface area contributed by atoms with Gasteiger partial charge in [-0.2, -0.15) is 0 Å². The van der Waals surface area contributed by atoms with Gasteiger partial charge >= 0.3 is 5.69 Å². The monoisotopic (exact) mass is 407 g/mol. The van der Waals surface area contributed by atoms with E-state index in [2.05, 4.69) is 15.5 Å². The number of anilines is 1. The number of hydrogen-bond acceptors (Lipinski definition) is 9. The summed E-state index contributed by atoms with van der Waals surface area (Å²) in [6, 6.07) is 3.89. The van der Waals surface area contributed by atoms with Crippen molar-refractivity contribution < 1.29 is 4.79 Å². The van der Waals surface area contributed by atoms with Crippen LogP contribution in [-0.4, -0.2) is 40.4 Å². The third kappa shape index (κ3) is 3.57. The van der Waals surface area contributed by atoms with E-state index in [-0.39, 0.29) is 11.4 Å². The van der Waals surface area contributed by atoms with E-state index in [9.17, 15) is 14.4 Å². The number of hydrogen-bond donors (Lipinski definition) is 1. The Morgan fingerprint density at radius 3 is 2.74 bits per heavy atom. The van der Waals surface area contributed by atoms with Crippen LogP contribution in [0.25, 0.3) is 0 Å². The number of carbonyl (C=O) groups excluding carboxylic acids is 1. The minimum absolute atomic E-state index is 0.154. The predicted octanol–water partition coefficient (Wildman–Crippen LogP) is 0.126. The first kappa shape index (κ1) is 19.0. The van der Waals surface area contributed by atoms with Gasteiger partial charge in [-0.3, -0.25) is 18.7 Å². The predicted molar refractivity (Wildman–Crippen MR) is 102 cm³/mol. The van der Waals surface area contributed by atoms with Crippen LogP contribution in [0.2, 0.25) is 0 Å². The maximum Gasteiger partial charge on any atom is 0.332 e. The van der Waals surface area contributed by atoms with Crippen molar-refractivity contribution in [3.05, 3.63) is 48.8 Å². The molecule has 12 heteroatoms. The van der Waals surface area contributed by atoms with Crippen LogP contribution in [0.3, 0.4) is 0 Å². The van der Waals surface area contributed by atoms with Crippen LogP contribution in [0.4, 0.5) is 5.82 Å². The number of nitrogen functional groups attached to an aromatic ring is 1. The fraction of sp³-hybridized carbons (Fsp3) is 0.333. The van der Waals surface area contributed by atoms with Crippen molar-refractivity contribution in [2.75, 3.05) is 5.73 Å². The van der Waals surface area contributed by atoms with Crippen molar-refractivity contribution in [3.8, 4) is 0 Å². The quantitative estimate of drug-likeness (QED) is 0.450. The minimum Gasteiger partial charge on any atom is -0.384 e. The highest BCUT2D eigenvalue weighted by Gasteiger charge is 2.27. The topological polar surface area (TPSA) is 131 Å². The Morgan fingerprint density at radius 2 is 2.07 bits per heavy atom. The highest BCUT2D eigenvalue weighted by atomic mass is 32.2. The molecule has 27 heavy (non-hydrogen) atoms. The maximum absolute atomic E-state index is 12.9. The molecule has 3 rings (SSSR count). The van der Waals surface area contributed by atoms with Crippen LogP contribution >= 0.6 is 23.1 Å². The third-order valence-electron chi connectivity index (χ3n) is 3.99. The van der Waals surface area contributed by atoms with Crippen LogP contribution in [-0.2, 0) is 20.6 Å².